The lowest BCUT2D eigenvalue weighted by atomic mass is 9.76. The average Bonchev–Trinajstić information content (AvgIpc) is 2.35. The van der Waals surface area contributed by atoms with Crippen molar-refractivity contribution >= 4 is 5.71 Å². The van der Waals surface area contributed by atoms with Gasteiger partial charge >= 0.3 is 0 Å². The number of hydrogen-bond acceptors (Lipinski definition) is 1. The predicted molar refractivity (Wildman–Crippen MR) is 70.9 cm³/mol. The molecule has 0 spiro atoms. The smallest absolute Gasteiger partial charge is 0.0469 e. The molecule has 0 amide bonds. The van der Waals surface area contributed by atoms with Crippen molar-refractivity contribution in [1.29, 1.82) is 5.41 Å². The molecule has 0 fully saturated rings. The van der Waals surface area contributed by atoms with Gasteiger partial charge in [0.25, 0.3) is 0 Å². The second-order valence-corrected chi connectivity index (χ2v) is 4.69. The zero-order valence-electron chi connectivity index (χ0n) is 9.90. The Bertz CT molecular complexity index is 538. The van der Waals surface area contributed by atoms with Crippen molar-refractivity contribution in [2.75, 3.05) is 0 Å². The van der Waals surface area contributed by atoms with Gasteiger partial charge in [0.15, 0.2) is 0 Å². The standard InChI is InChI=1S/C16H15N/c1-11(17)16-14-8-4-2-6-12(14)10-13-7-3-5-9-15(13)16/h2-9,16-17H,10H2,1H3. The molecule has 0 bridgehead atoms. The molecular formula is C16H15N. The van der Waals surface area contributed by atoms with E-state index in [9.17, 15) is 0 Å². The van der Waals surface area contributed by atoms with Crippen LogP contribution in [-0.2, 0) is 6.42 Å². The van der Waals surface area contributed by atoms with Gasteiger partial charge in [0.05, 0.1) is 0 Å². The van der Waals surface area contributed by atoms with Gasteiger partial charge in [-0.25, -0.2) is 0 Å². The lowest BCUT2D eigenvalue weighted by Crippen LogP contribution is -2.18. The van der Waals surface area contributed by atoms with Crippen molar-refractivity contribution in [1.82, 2.24) is 0 Å². The number of rotatable bonds is 1. The largest absolute Gasteiger partial charge is 0.309 e. The van der Waals surface area contributed by atoms with Gasteiger partial charge in [-0.2, -0.15) is 0 Å². The quantitative estimate of drug-likeness (QED) is 0.709. The fourth-order valence-electron chi connectivity index (χ4n) is 2.79. The second kappa shape index (κ2) is 3.85. The molecule has 1 N–H and O–H groups in total. The predicted octanol–water partition coefficient (Wildman–Crippen LogP) is 3.76. The van der Waals surface area contributed by atoms with Crippen LogP contribution in [0.5, 0.6) is 0 Å². The summed E-state index contributed by atoms with van der Waals surface area (Å²) in [6.45, 7) is 1.91. The minimum absolute atomic E-state index is 0.149. The summed E-state index contributed by atoms with van der Waals surface area (Å²) in [4.78, 5) is 0. The number of hydrogen-bond donors (Lipinski definition) is 1. The fourth-order valence-corrected chi connectivity index (χ4v) is 2.79. The van der Waals surface area contributed by atoms with E-state index in [4.69, 9.17) is 5.41 Å². The maximum atomic E-state index is 8.05. The Morgan fingerprint density at radius 3 is 1.88 bits per heavy atom. The molecule has 0 saturated carbocycles. The topological polar surface area (TPSA) is 23.9 Å². The highest BCUT2D eigenvalue weighted by molar-refractivity contribution is 5.90. The third-order valence-corrected chi connectivity index (χ3v) is 3.55. The molecule has 0 aliphatic heterocycles. The lowest BCUT2D eigenvalue weighted by Gasteiger charge is -2.27. The summed E-state index contributed by atoms with van der Waals surface area (Å²) in [6.07, 6.45) is 0.996. The molecule has 0 radical (unpaired) electrons. The molecule has 84 valence electrons. The Kier molecular flexibility index (Phi) is 2.32. The van der Waals surface area contributed by atoms with Gasteiger partial charge in [-0.15, -0.1) is 0 Å². The highest BCUT2D eigenvalue weighted by Gasteiger charge is 2.25. The van der Waals surface area contributed by atoms with Gasteiger partial charge in [0.2, 0.25) is 0 Å². The highest BCUT2D eigenvalue weighted by Crippen LogP contribution is 2.36. The van der Waals surface area contributed by atoms with Crippen molar-refractivity contribution in [3.05, 3.63) is 70.8 Å². The van der Waals surface area contributed by atoms with E-state index in [2.05, 4.69) is 48.5 Å². The minimum atomic E-state index is 0.149. The van der Waals surface area contributed by atoms with Crippen LogP contribution in [0.1, 0.15) is 35.1 Å². The van der Waals surface area contributed by atoms with E-state index in [1.165, 1.54) is 22.3 Å². The molecule has 1 aliphatic rings. The van der Waals surface area contributed by atoms with Crippen molar-refractivity contribution in [3.63, 3.8) is 0 Å². The molecule has 0 heterocycles. The first-order valence-electron chi connectivity index (χ1n) is 5.98. The van der Waals surface area contributed by atoms with E-state index in [0.29, 0.717) is 0 Å². The van der Waals surface area contributed by atoms with Gasteiger partial charge in [-0.05, 0) is 35.6 Å². The summed E-state index contributed by atoms with van der Waals surface area (Å²) in [5.41, 5.74) is 6.06. The Morgan fingerprint density at radius 2 is 1.41 bits per heavy atom. The van der Waals surface area contributed by atoms with Crippen molar-refractivity contribution in [2.45, 2.75) is 19.3 Å². The molecule has 1 nitrogen and oxygen atoms in total. The molecule has 0 unspecified atom stereocenters. The highest BCUT2D eigenvalue weighted by atomic mass is 14.4. The summed E-state index contributed by atoms with van der Waals surface area (Å²) in [7, 11) is 0. The Labute approximate surface area is 102 Å². The van der Waals surface area contributed by atoms with Gasteiger partial charge in [-0.3, -0.25) is 0 Å². The van der Waals surface area contributed by atoms with Crippen molar-refractivity contribution in [2.24, 2.45) is 0 Å². The maximum Gasteiger partial charge on any atom is 0.0469 e. The lowest BCUT2D eigenvalue weighted by molar-refractivity contribution is 0.935. The number of fused-ring (bicyclic) bond motifs is 2. The normalized spacial score (nSPS) is 13.9. The third kappa shape index (κ3) is 1.59. The van der Waals surface area contributed by atoms with E-state index >= 15 is 0 Å². The average molecular weight is 221 g/mol. The molecule has 1 aliphatic carbocycles. The van der Waals surface area contributed by atoms with Crippen LogP contribution in [0.3, 0.4) is 0 Å². The Balaban J connectivity index is 2.24. The van der Waals surface area contributed by atoms with Crippen LogP contribution in [0, 0.1) is 5.41 Å². The summed E-state index contributed by atoms with van der Waals surface area (Å²) < 4.78 is 0. The van der Waals surface area contributed by atoms with Crippen LogP contribution in [0.15, 0.2) is 48.5 Å². The van der Waals surface area contributed by atoms with Crippen LogP contribution >= 0.6 is 0 Å². The van der Waals surface area contributed by atoms with Gasteiger partial charge in [0.1, 0.15) is 0 Å². The SMILES string of the molecule is CC(=N)C1c2ccccc2Cc2ccccc21. The zero-order valence-corrected chi connectivity index (χ0v) is 9.90. The van der Waals surface area contributed by atoms with E-state index in [-0.39, 0.29) is 5.92 Å². The number of benzene rings is 2. The van der Waals surface area contributed by atoms with E-state index in [1.807, 2.05) is 6.92 Å². The summed E-state index contributed by atoms with van der Waals surface area (Å²) in [6, 6.07) is 17.0. The fraction of sp³-hybridized carbons (Fsp3) is 0.188. The monoisotopic (exact) mass is 221 g/mol. The molecule has 1 heteroatoms. The van der Waals surface area contributed by atoms with Gasteiger partial charge in [0, 0.05) is 11.6 Å². The first-order chi connectivity index (χ1) is 8.27. The van der Waals surface area contributed by atoms with E-state index in [1.54, 1.807) is 0 Å². The third-order valence-electron chi connectivity index (χ3n) is 3.55. The van der Waals surface area contributed by atoms with Crippen LogP contribution in [0.2, 0.25) is 0 Å². The molecule has 0 saturated heterocycles. The summed E-state index contributed by atoms with van der Waals surface area (Å²) in [5.74, 6) is 0.149. The maximum absolute atomic E-state index is 8.05. The van der Waals surface area contributed by atoms with Gasteiger partial charge in [-0.1, -0.05) is 48.5 Å². The van der Waals surface area contributed by atoms with Gasteiger partial charge < -0.3 is 5.41 Å². The van der Waals surface area contributed by atoms with Crippen LogP contribution < -0.4 is 0 Å². The molecule has 2 aromatic rings. The van der Waals surface area contributed by atoms with Crippen LogP contribution in [-0.4, -0.2) is 5.71 Å². The molecule has 3 rings (SSSR count). The molecule has 17 heavy (non-hydrogen) atoms. The molecular weight excluding hydrogens is 206 g/mol. The van der Waals surface area contributed by atoms with E-state index in [0.717, 1.165) is 12.1 Å². The Hall–Kier alpha value is -1.89. The number of nitrogens with one attached hydrogen (secondary N) is 1. The first kappa shape index (κ1) is 10.3. The van der Waals surface area contributed by atoms with Crippen molar-refractivity contribution in [3.8, 4) is 0 Å². The van der Waals surface area contributed by atoms with E-state index < -0.39 is 0 Å². The second-order valence-electron chi connectivity index (χ2n) is 4.69. The molecule has 0 atom stereocenters. The van der Waals surface area contributed by atoms with Crippen LogP contribution in [0.25, 0.3) is 0 Å². The first-order valence-corrected chi connectivity index (χ1v) is 5.98. The minimum Gasteiger partial charge on any atom is -0.309 e. The van der Waals surface area contributed by atoms with Crippen molar-refractivity contribution < 1.29 is 0 Å². The zero-order chi connectivity index (χ0) is 11.8. The molecule has 2 aromatic carbocycles. The summed E-state index contributed by atoms with van der Waals surface area (Å²) >= 11 is 0. The molecule has 0 aromatic heterocycles. The summed E-state index contributed by atoms with van der Waals surface area (Å²) in [5, 5.41) is 8.05. The van der Waals surface area contributed by atoms with Crippen LogP contribution in [0.4, 0.5) is 0 Å². The Morgan fingerprint density at radius 1 is 0.941 bits per heavy atom.